The Morgan fingerprint density at radius 1 is 1.16 bits per heavy atom. The van der Waals surface area contributed by atoms with Crippen molar-refractivity contribution in [2.45, 2.75) is 44.1 Å². The highest BCUT2D eigenvalue weighted by atomic mass is 31.3. The molecule has 0 aromatic carbocycles. The molecule has 31 heavy (non-hydrogen) atoms. The molecule has 0 spiro atoms. The van der Waals surface area contributed by atoms with Crippen LogP contribution < -0.4 is 25.9 Å². The molecule has 1 aliphatic heterocycles. The molecule has 16 nitrogen and oxygen atoms in total. The van der Waals surface area contributed by atoms with E-state index in [1.165, 1.54) is 20.8 Å². The molecule has 3 N–H and O–H groups in total. The molecule has 2 heterocycles. The van der Waals surface area contributed by atoms with Gasteiger partial charge in [0.05, 0.1) is 12.2 Å². The standard InChI is InChI=1S/C12H21N2O14P3/c1-10(17)6-12(3,14-5-4-8(15)13-9(14)16)26-11(10,2)7-25-30(21,22)28-31(23,24)27-29(18,19)20/h4-5,17H,6-7H2,1-3H3,(H,21,22)(H,23,24)(H,13,15,16)(H2,18,19,20)/p-3. The minimum atomic E-state index is -6.09. The fourth-order valence-electron chi connectivity index (χ4n) is 3.06. The number of hydrogen-bond donors (Lipinski definition) is 3. The van der Waals surface area contributed by atoms with E-state index in [0.717, 1.165) is 16.8 Å². The maximum absolute atomic E-state index is 12.1. The summed E-state index contributed by atoms with van der Waals surface area (Å²) in [5.74, 6) is 0. The van der Waals surface area contributed by atoms with Crippen LogP contribution in [0.1, 0.15) is 27.2 Å². The number of aliphatic hydroxyl groups is 1. The topological polar surface area (TPSA) is 253 Å². The zero-order chi connectivity index (χ0) is 24.1. The molecule has 0 aliphatic carbocycles. The predicted octanol–water partition coefficient (Wildman–Crippen LogP) is -2.41. The molecule has 0 bridgehead atoms. The Bertz CT molecular complexity index is 1110. The van der Waals surface area contributed by atoms with E-state index in [2.05, 4.69) is 13.1 Å². The summed E-state index contributed by atoms with van der Waals surface area (Å²) in [7, 11) is -17.8. The van der Waals surface area contributed by atoms with Crippen molar-refractivity contribution in [3.8, 4) is 0 Å². The average Bonchev–Trinajstić information content (AvgIpc) is 2.67. The van der Waals surface area contributed by atoms with Crippen LogP contribution in [0.25, 0.3) is 0 Å². The Morgan fingerprint density at radius 2 is 1.74 bits per heavy atom. The van der Waals surface area contributed by atoms with E-state index in [9.17, 15) is 43.1 Å². The second kappa shape index (κ2) is 8.10. The van der Waals surface area contributed by atoms with E-state index in [1.807, 2.05) is 4.98 Å². The lowest BCUT2D eigenvalue weighted by Crippen LogP contribution is -2.50. The van der Waals surface area contributed by atoms with E-state index in [4.69, 9.17) is 9.63 Å². The summed E-state index contributed by atoms with van der Waals surface area (Å²) in [6, 6.07) is 1.01. The molecule has 178 valence electrons. The van der Waals surface area contributed by atoms with Crippen molar-refractivity contribution in [3.05, 3.63) is 33.1 Å². The van der Waals surface area contributed by atoms with Crippen LogP contribution in [0.15, 0.2) is 21.9 Å². The second-order valence-corrected chi connectivity index (χ2v) is 11.5. The van der Waals surface area contributed by atoms with Crippen LogP contribution in [0.5, 0.6) is 0 Å². The van der Waals surface area contributed by atoms with Crippen molar-refractivity contribution < 1.29 is 56.3 Å². The van der Waals surface area contributed by atoms with Gasteiger partial charge in [0, 0.05) is 18.7 Å². The Kier molecular flexibility index (Phi) is 6.86. The van der Waals surface area contributed by atoms with Crippen molar-refractivity contribution in [1.82, 2.24) is 9.55 Å². The number of phosphoric ester groups is 1. The molecule has 1 fully saturated rings. The SMILES string of the molecule is CC1(n2ccc(=O)[nH]c2=O)CC(C)(O)C(C)(COP(=O)([O-])OP(=O)([O-])OP(=O)([O-])O)O1. The van der Waals surface area contributed by atoms with E-state index >= 15 is 0 Å². The largest absolute Gasteiger partial charge is 0.756 e. The van der Waals surface area contributed by atoms with E-state index < -0.39 is 58.3 Å². The molecule has 1 saturated heterocycles. The monoisotopic (exact) mass is 507 g/mol. The van der Waals surface area contributed by atoms with Crippen molar-refractivity contribution >= 4 is 23.5 Å². The van der Waals surface area contributed by atoms with E-state index in [0.29, 0.717) is 0 Å². The summed E-state index contributed by atoms with van der Waals surface area (Å²) in [5.41, 5.74) is -6.94. The zero-order valence-corrected chi connectivity index (χ0v) is 18.8. The van der Waals surface area contributed by atoms with Crippen LogP contribution in [-0.2, 0) is 37.3 Å². The van der Waals surface area contributed by atoms with Gasteiger partial charge in [-0.3, -0.25) is 28.0 Å². The summed E-state index contributed by atoms with van der Waals surface area (Å²) in [4.78, 5) is 67.2. The van der Waals surface area contributed by atoms with Crippen LogP contribution >= 0.6 is 23.5 Å². The number of aromatic nitrogens is 2. The van der Waals surface area contributed by atoms with Gasteiger partial charge in [-0.2, -0.15) is 0 Å². The first-order valence-electron chi connectivity index (χ1n) is 8.18. The predicted molar refractivity (Wildman–Crippen MR) is 92.9 cm³/mol. The van der Waals surface area contributed by atoms with Crippen LogP contribution in [0.3, 0.4) is 0 Å². The van der Waals surface area contributed by atoms with Crippen LogP contribution in [-0.4, -0.2) is 37.4 Å². The van der Waals surface area contributed by atoms with Gasteiger partial charge in [0.25, 0.3) is 29.0 Å². The van der Waals surface area contributed by atoms with Crippen molar-refractivity contribution in [2.75, 3.05) is 6.61 Å². The smallest absolute Gasteiger partial charge is 0.330 e. The molecular weight excluding hydrogens is 489 g/mol. The van der Waals surface area contributed by atoms with Gasteiger partial charge in [-0.1, -0.05) is 0 Å². The quantitative estimate of drug-likeness (QED) is 0.310. The molecule has 1 aromatic heterocycles. The molecule has 2 rings (SSSR count). The third-order valence-electron chi connectivity index (χ3n) is 4.49. The molecule has 0 amide bonds. The van der Waals surface area contributed by atoms with Crippen LogP contribution in [0, 0.1) is 0 Å². The third kappa shape index (κ3) is 6.29. The number of nitrogens with one attached hydrogen (secondary N) is 1. The summed E-state index contributed by atoms with van der Waals surface area (Å²) in [6.07, 6.45) is 0.787. The van der Waals surface area contributed by atoms with Crippen molar-refractivity contribution in [2.24, 2.45) is 0 Å². The molecule has 6 atom stereocenters. The van der Waals surface area contributed by atoms with Gasteiger partial charge in [0.15, 0.2) is 0 Å². The maximum Gasteiger partial charge on any atom is 0.330 e. The maximum atomic E-state index is 12.1. The Morgan fingerprint density at radius 3 is 2.26 bits per heavy atom. The van der Waals surface area contributed by atoms with Gasteiger partial charge in [0.2, 0.25) is 0 Å². The number of H-pyrrole nitrogens is 1. The highest BCUT2D eigenvalue weighted by molar-refractivity contribution is 7.65. The molecular formula is C12H18N2O14P3-3. The zero-order valence-electron chi connectivity index (χ0n) is 16.2. The van der Waals surface area contributed by atoms with Gasteiger partial charge >= 0.3 is 5.69 Å². The number of phosphoric acid groups is 3. The van der Waals surface area contributed by atoms with Gasteiger partial charge in [-0.15, -0.1) is 0 Å². The van der Waals surface area contributed by atoms with Crippen molar-refractivity contribution in [3.63, 3.8) is 0 Å². The van der Waals surface area contributed by atoms with E-state index in [-0.39, 0.29) is 6.42 Å². The minimum absolute atomic E-state index is 0.303. The number of rotatable bonds is 8. The number of hydrogen-bond acceptors (Lipinski definition) is 13. The summed E-state index contributed by atoms with van der Waals surface area (Å²) in [6.45, 7) is 2.70. The van der Waals surface area contributed by atoms with Gasteiger partial charge in [0.1, 0.15) is 11.3 Å². The lowest BCUT2D eigenvalue weighted by Gasteiger charge is -2.38. The Labute approximate surface area is 173 Å². The highest BCUT2D eigenvalue weighted by Gasteiger charge is 2.59. The average molecular weight is 507 g/mol. The van der Waals surface area contributed by atoms with Gasteiger partial charge in [-0.05, 0) is 20.8 Å². The minimum Gasteiger partial charge on any atom is -0.756 e. The first-order valence-corrected chi connectivity index (χ1v) is 12.6. The fourth-order valence-corrected chi connectivity index (χ4v) is 6.03. The van der Waals surface area contributed by atoms with Crippen molar-refractivity contribution in [1.29, 1.82) is 0 Å². The summed E-state index contributed by atoms with van der Waals surface area (Å²) < 4.78 is 51.2. The summed E-state index contributed by atoms with van der Waals surface area (Å²) in [5, 5.41) is 10.8. The van der Waals surface area contributed by atoms with Gasteiger partial charge in [-0.25, -0.2) is 13.4 Å². The fraction of sp³-hybridized carbons (Fsp3) is 0.667. The molecule has 19 heteroatoms. The molecule has 0 saturated carbocycles. The first kappa shape index (κ1) is 26.3. The molecule has 1 aromatic rings. The molecule has 6 unspecified atom stereocenters. The normalized spacial score (nSPS) is 34.6. The lowest BCUT2D eigenvalue weighted by atomic mass is 9.85. The molecule has 0 radical (unpaired) electrons. The van der Waals surface area contributed by atoms with Crippen LogP contribution in [0.4, 0.5) is 0 Å². The Hall–Kier alpha value is -0.990. The number of nitrogens with zero attached hydrogens (tertiary/aromatic N) is 1. The Balaban J connectivity index is 2.23. The lowest BCUT2D eigenvalue weighted by molar-refractivity contribution is -0.253. The second-order valence-electron chi connectivity index (χ2n) is 7.24. The van der Waals surface area contributed by atoms with E-state index in [1.54, 1.807) is 0 Å². The molecule has 1 aliphatic rings. The number of aromatic amines is 1. The highest BCUT2D eigenvalue weighted by Crippen LogP contribution is 2.62. The number of ether oxygens (including phenoxy) is 1. The van der Waals surface area contributed by atoms with Crippen LogP contribution in [0.2, 0.25) is 0 Å². The van der Waals surface area contributed by atoms with Gasteiger partial charge < -0.3 is 33.9 Å². The third-order valence-corrected chi connectivity index (χ3v) is 8.16. The first-order chi connectivity index (χ1) is 13.7. The summed E-state index contributed by atoms with van der Waals surface area (Å²) >= 11 is 0.